The van der Waals surface area contributed by atoms with Gasteiger partial charge in [0.25, 0.3) is 0 Å². The fourth-order valence-corrected chi connectivity index (χ4v) is 2.48. The molecule has 1 saturated heterocycles. The van der Waals surface area contributed by atoms with E-state index in [9.17, 15) is 14.0 Å². The van der Waals surface area contributed by atoms with Crippen LogP contribution in [-0.2, 0) is 16.1 Å². The zero-order valence-corrected chi connectivity index (χ0v) is 11.9. The number of nitrogens with zero attached hydrogens (tertiary/aromatic N) is 1. The van der Waals surface area contributed by atoms with E-state index < -0.39 is 12.0 Å². The van der Waals surface area contributed by atoms with Crippen molar-refractivity contribution in [3.8, 4) is 0 Å². The average molecular weight is 294 g/mol. The zero-order chi connectivity index (χ0) is 15.4. The smallest absolute Gasteiger partial charge is 0.320 e. The average Bonchev–Trinajstić information content (AvgIpc) is 2.88. The van der Waals surface area contributed by atoms with Crippen molar-refractivity contribution in [2.24, 2.45) is 0 Å². The number of aryl methyl sites for hydroxylation is 1. The number of nitrogens with one attached hydrogen (secondary N) is 1. The SMILES string of the molecule is Cc1ccc(CNC(=O)CN2CCC[C@@H]2C(=O)O)cc1F. The summed E-state index contributed by atoms with van der Waals surface area (Å²) in [6.07, 6.45) is 1.36. The van der Waals surface area contributed by atoms with Gasteiger partial charge >= 0.3 is 5.97 Å². The predicted octanol–water partition coefficient (Wildman–Crippen LogP) is 1.30. The highest BCUT2D eigenvalue weighted by Crippen LogP contribution is 2.16. The van der Waals surface area contributed by atoms with E-state index in [2.05, 4.69) is 5.32 Å². The van der Waals surface area contributed by atoms with E-state index in [-0.39, 0.29) is 24.8 Å². The van der Waals surface area contributed by atoms with Gasteiger partial charge < -0.3 is 10.4 Å². The summed E-state index contributed by atoms with van der Waals surface area (Å²) in [4.78, 5) is 24.5. The summed E-state index contributed by atoms with van der Waals surface area (Å²) in [5, 5.41) is 11.7. The second-order valence-electron chi connectivity index (χ2n) is 5.33. The van der Waals surface area contributed by atoms with Gasteiger partial charge in [0.1, 0.15) is 11.9 Å². The molecule has 1 heterocycles. The predicted molar refractivity (Wildman–Crippen MR) is 75.2 cm³/mol. The molecule has 1 atom stereocenters. The Morgan fingerprint density at radius 3 is 2.90 bits per heavy atom. The molecule has 0 saturated carbocycles. The molecule has 1 aliphatic heterocycles. The lowest BCUT2D eigenvalue weighted by molar-refractivity contribution is -0.142. The largest absolute Gasteiger partial charge is 0.480 e. The number of carboxylic acid groups (broad SMARTS) is 1. The van der Waals surface area contributed by atoms with Gasteiger partial charge in [-0.3, -0.25) is 14.5 Å². The standard InChI is InChI=1S/C15H19FN2O3/c1-10-4-5-11(7-12(10)16)8-17-14(19)9-18-6-2-3-13(18)15(20)21/h4-5,7,13H,2-3,6,8-9H2,1H3,(H,17,19)(H,20,21)/t13-/m1/s1. The molecule has 1 aliphatic rings. The third-order valence-corrected chi connectivity index (χ3v) is 3.72. The number of halogens is 1. The van der Waals surface area contributed by atoms with Crippen molar-refractivity contribution >= 4 is 11.9 Å². The molecule has 1 fully saturated rings. The van der Waals surface area contributed by atoms with Crippen molar-refractivity contribution < 1.29 is 19.1 Å². The Morgan fingerprint density at radius 1 is 1.48 bits per heavy atom. The van der Waals surface area contributed by atoms with Crippen LogP contribution in [0.2, 0.25) is 0 Å². The second-order valence-corrected chi connectivity index (χ2v) is 5.33. The van der Waals surface area contributed by atoms with E-state index in [1.54, 1.807) is 24.0 Å². The number of carbonyl (C=O) groups is 2. The monoisotopic (exact) mass is 294 g/mol. The summed E-state index contributed by atoms with van der Waals surface area (Å²) in [7, 11) is 0. The number of carboxylic acids is 1. The van der Waals surface area contributed by atoms with Crippen LogP contribution in [0.5, 0.6) is 0 Å². The highest BCUT2D eigenvalue weighted by Gasteiger charge is 2.31. The molecule has 0 unspecified atom stereocenters. The maximum atomic E-state index is 13.4. The third-order valence-electron chi connectivity index (χ3n) is 3.72. The minimum Gasteiger partial charge on any atom is -0.480 e. The molecule has 21 heavy (non-hydrogen) atoms. The van der Waals surface area contributed by atoms with Gasteiger partial charge in [0.15, 0.2) is 0 Å². The van der Waals surface area contributed by atoms with Gasteiger partial charge in [-0.25, -0.2) is 4.39 Å². The zero-order valence-electron chi connectivity index (χ0n) is 11.9. The number of amides is 1. The lowest BCUT2D eigenvalue weighted by atomic mass is 10.1. The lowest BCUT2D eigenvalue weighted by Crippen LogP contribution is -2.42. The van der Waals surface area contributed by atoms with E-state index in [1.165, 1.54) is 6.07 Å². The quantitative estimate of drug-likeness (QED) is 0.859. The number of hydrogen-bond donors (Lipinski definition) is 2. The molecular formula is C15H19FN2O3. The molecule has 0 aliphatic carbocycles. The van der Waals surface area contributed by atoms with E-state index in [4.69, 9.17) is 5.11 Å². The second kappa shape index (κ2) is 6.67. The van der Waals surface area contributed by atoms with Crippen LogP contribution in [0.25, 0.3) is 0 Å². The van der Waals surface area contributed by atoms with Crippen molar-refractivity contribution in [1.29, 1.82) is 0 Å². The molecular weight excluding hydrogens is 275 g/mol. The highest BCUT2D eigenvalue weighted by atomic mass is 19.1. The molecule has 0 spiro atoms. The van der Waals surface area contributed by atoms with Crippen molar-refractivity contribution in [2.75, 3.05) is 13.1 Å². The number of carbonyl (C=O) groups excluding carboxylic acids is 1. The van der Waals surface area contributed by atoms with Gasteiger partial charge in [-0.05, 0) is 43.5 Å². The Hall–Kier alpha value is -1.95. The van der Waals surface area contributed by atoms with Gasteiger partial charge in [0.05, 0.1) is 6.54 Å². The third kappa shape index (κ3) is 4.01. The summed E-state index contributed by atoms with van der Waals surface area (Å²) in [6.45, 7) is 2.59. The van der Waals surface area contributed by atoms with Crippen molar-refractivity contribution in [3.05, 3.63) is 35.1 Å². The van der Waals surface area contributed by atoms with Crippen molar-refractivity contribution in [3.63, 3.8) is 0 Å². The number of aliphatic carboxylic acids is 1. The summed E-state index contributed by atoms with van der Waals surface area (Å²) < 4.78 is 13.4. The minimum atomic E-state index is -0.888. The van der Waals surface area contributed by atoms with Gasteiger partial charge in [0.2, 0.25) is 5.91 Å². The first-order valence-electron chi connectivity index (χ1n) is 6.96. The van der Waals surface area contributed by atoms with Gasteiger partial charge in [-0.2, -0.15) is 0 Å². The first-order valence-corrected chi connectivity index (χ1v) is 6.96. The van der Waals surface area contributed by atoms with E-state index >= 15 is 0 Å². The number of hydrogen-bond acceptors (Lipinski definition) is 3. The maximum Gasteiger partial charge on any atom is 0.320 e. The Balaban J connectivity index is 1.84. The summed E-state index contributed by atoms with van der Waals surface area (Å²) in [5.41, 5.74) is 1.24. The Bertz CT molecular complexity index is 548. The molecule has 2 N–H and O–H groups in total. The molecule has 5 nitrogen and oxygen atoms in total. The van der Waals surface area contributed by atoms with Crippen LogP contribution in [0, 0.1) is 12.7 Å². The molecule has 2 rings (SSSR count). The fourth-order valence-electron chi connectivity index (χ4n) is 2.48. The van der Waals surface area contributed by atoms with E-state index in [0.717, 1.165) is 6.42 Å². The van der Waals surface area contributed by atoms with Crippen LogP contribution in [0.3, 0.4) is 0 Å². The van der Waals surface area contributed by atoms with Crippen LogP contribution in [0.15, 0.2) is 18.2 Å². The summed E-state index contributed by atoms with van der Waals surface area (Å²) in [6, 6.07) is 4.24. The minimum absolute atomic E-state index is 0.0608. The summed E-state index contributed by atoms with van der Waals surface area (Å²) in [5.74, 6) is -1.43. The molecule has 1 aromatic carbocycles. The van der Waals surface area contributed by atoms with Crippen LogP contribution >= 0.6 is 0 Å². The Kier molecular flexibility index (Phi) is 4.90. The van der Waals surface area contributed by atoms with Crippen LogP contribution in [0.4, 0.5) is 4.39 Å². The van der Waals surface area contributed by atoms with Crippen LogP contribution < -0.4 is 5.32 Å². The van der Waals surface area contributed by atoms with Crippen LogP contribution in [0.1, 0.15) is 24.0 Å². The first-order chi connectivity index (χ1) is 9.97. The molecule has 0 bridgehead atoms. The first kappa shape index (κ1) is 15.4. The summed E-state index contributed by atoms with van der Waals surface area (Å²) >= 11 is 0. The van der Waals surface area contributed by atoms with Crippen molar-refractivity contribution in [1.82, 2.24) is 10.2 Å². The molecule has 6 heteroatoms. The molecule has 114 valence electrons. The highest BCUT2D eigenvalue weighted by molar-refractivity contribution is 5.80. The van der Waals surface area contributed by atoms with Gasteiger partial charge in [-0.1, -0.05) is 12.1 Å². The fraction of sp³-hybridized carbons (Fsp3) is 0.467. The van der Waals surface area contributed by atoms with Crippen molar-refractivity contribution in [2.45, 2.75) is 32.4 Å². The molecule has 1 amide bonds. The van der Waals surface area contributed by atoms with Gasteiger partial charge in [0, 0.05) is 6.54 Å². The van der Waals surface area contributed by atoms with E-state index in [1.807, 2.05) is 0 Å². The lowest BCUT2D eigenvalue weighted by Gasteiger charge is -2.20. The number of likely N-dealkylation sites (tertiary alicyclic amines) is 1. The Morgan fingerprint density at radius 2 is 2.24 bits per heavy atom. The maximum absolute atomic E-state index is 13.4. The van der Waals surface area contributed by atoms with Crippen LogP contribution in [-0.4, -0.2) is 41.0 Å². The molecule has 1 aromatic rings. The molecule has 0 radical (unpaired) electrons. The topological polar surface area (TPSA) is 69.6 Å². The normalized spacial score (nSPS) is 18.7. The number of rotatable bonds is 5. The molecule has 0 aromatic heterocycles. The Labute approximate surface area is 122 Å². The van der Waals surface area contributed by atoms with E-state index in [0.29, 0.717) is 24.1 Å². The van der Waals surface area contributed by atoms with Gasteiger partial charge in [-0.15, -0.1) is 0 Å². The number of benzene rings is 1.